The van der Waals surface area contributed by atoms with E-state index in [9.17, 15) is 9.50 Å². The molecule has 100 valence electrons. The number of anilines is 1. The van der Waals surface area contributed by atoms with Gasteiger partial charge in [0.05, 0.1) is 5.69 Å². The molecule has 0 aromatic heterocycles. The Morgan fingerprint density at radius 3 is 2.53 bits per heavy atom. The highest BCUT2D eigenvalue weighted by molar-refractivity contribution is 9.10. The first-order valence-corrected chi connectivity index (χ1v) is 6.83. The summed E-state index contributed by atoms with van der Waals surface area (Å²) in [6.45, 7) is 1.99. The molecule has 0 heterocycles. The van der Waals surface area contributed by atoms with Gasteiger partial charge in [0.25, 0.3) is 0 Å². The molecule has 0 radical (unpaired) electrons. The van der Waals surface area contributed by atoms with Crippen LogP contribution in [0.15, 0.2) is 46.9 Å². The Kier molecular flexibility index (Phi) is 4.43. The second-order valence-electron chi connectivity index (χ2n) is 4.54. The highest BCUT2D eigenvalue weighted by atomic mass is 79.9. The van der Waals surface area contributed by atoms with Gasteiger partial charge in [0.1, 0.15) is 11.6 Å². The van der Waals surface area contributed by atoms with Crippen LogP contribution in [0.1, 0.15) is 12.5 Å². The van der Waals surface area contributed by atoms with Gasteiger partial charge in [-0.25, -0.2) is 4.39 Å². The third-order valence-electron chi connectivity index (χ3n) is 2.81. The molecule has 0 spiro atoms. The lowest BCUT2D eigenvalue weighted by Gasteiger charge is -2.16. The summed E-state index contributed by atoms with van der Waals surface area (Å²) in [5.41, 5.74) is 1.59. The zero-order valence-electron chi connectivity index (χ0n) is 10.5. The van der Waals surface area contributed by atoms with Gasteiger partial charge in [0.15, 0.2) is 0 Å². The van der Waals surface area contributed by atoms with Crippen molar-refractivity contribution in [2.24, 2.45) is 0 Å². The molecule has 0 aliphatic heterocycles. The predicted molar refractivity (Wildman–Crippen MR) is 79.0 cm³/mol. The minimum absolute atomic E-state index is 0.0974. The van der Waals surface area contributed by atoms with Crippen LogP contribution >= 0.6 is 15.9 Å². The van der Waals surface area contributed by atoms with Crippen LogP contribution in [0.4, 0.5) is 10.1 Å². The van der Waals surface area contributed by atoms with Crippen LogP contribution in [0.25, 0.3) is 0 Å². The SMILES string of the molecule is CC(Cc1ccc(O)cc1)Nc1ccc(Br)cc1F. The Labute approximate surface area is 120 Å². The third-order valence-corrected chi connectivity index (χ3v) is 3.30. The predicted octanol–water partition coefficient (Wildman–Crippen LogP) is 4.34. The van der Waals surface area contributed by atoms with Crippen LogP contribution < -0.4 is 5.32 Å². The number of benzene rings is 2. The van der Waals surface area contributed by atoms with Crippen LogP contribution in [-0.2, 0) is 6.42 Å². The van der Waals surface area contributed by atoms with Crippen LogP contribution in [0.3, 0.4) is 0 Å². The average Bonchev–Trinajstić information content (AvgIpc) is 2.36. The zero-order valence-corrected chi connectivity index (χ0v) is 12.1. The standard InChI is InChI=1S/C15H15BrFNO/c1-10(8-11-2-5-13(19)6-3-11)18-15-7-4-12(16)9-14(15)17/h2-7,9-10,18-19H,8H2,1H3. The van der Waals surface area contributed by atoms with Crippen LogP contribution in [0.5, 0.6) is 5.75 Å². The topological polar surface area (TPSA) is 32.3 Å². The molecule has 0 amide bonds. The van der Waals surface area contributed by atoms with Crippen molar-refractivity contribution in [3.05, 3.63) is 58.3 Å². The molecular weight excluding hydrogens is 309 g/mol. The van der Waals surface area contributed by atoms with E-state index >= 15 is 0 Å². The molecule has 0 saturated heterocycles. The van der Waals surface area contributed by atoms with E-state index in [-0.39, 0.29) is 17.6 Å². The summed E-state index contributed by atoms with van der Waals surface area (Å²) in [5, 5.41) is 12.4. The number of hydrogen-bond donors (Lipinski definition) is 2. The van der Waals surface area contributed by atoms with Gasteiger partial charge < -0.3 is 10.4 Å². The van der Waals surface area contributed by atoms with Crippen molar-refractivity contribution in [3.63, 3.8) is 0 Å². The molecular formula is C15H15BrFNO. The number of phenols is 1. The van der Waals surface area contributed by atoms with Crippen molar-refractivity contribution >= 4 is 21.6 Å². The molecule has 2 aromatic carbocycles. The molecule has 0 aliphatic rings. The van der Waals surface area contributed by atoms with E-state index in [4.69, 9.17) is 0 Å². The molecule has 2 rings (SSSR count). The van der Waals surface area contributed by atoms with E-state index in [0.29, 0.717) is 5.69 Å². The Hall–Kier alpha value is -1.55. The fourth-order valence-electron chi connectivity index (χ4n) is 1.91. The second kappa shape index (κ2) is 6.06. The summed E-state index contributed by atoms with van der Waals surface area (Å²) >= 11 is 3.23. The van der Waals surface area contributed by atoms with E-state index in [1.54, 1.807) is 24.3 Å². The summed E-state index contributed by atoms with van der Waals surface area (Å²) < 4.78 is 14.4. The van der Waals surface area contributed by atoms with Crippen molar-refractivity contribution in [1.29, 1.82) is 0 Å². The molecule has 2 nitrogen and oxygen atoms in total. The summed E-state index contributed by atoms with van der Waals surface area (Å²) in [4.78, 5) is 0. The highest BCUT2D eigenvalue weighted by Crippen LogP contribution is 2.21. The van der Waals surface area contributed by atoms with E-state index in [1.807, 2.05) is 19.1 Å². The lowest BCUT2D eigenvalue weighted by atomic mass is 10.1. The molecule has 0 fully saturated rings. The fraction of sp³-hybridized carbons (Fsp3) is 0.200. The monoisotopic (exact) mass is 323 g/mol. The smallest absolute Gasteiger partial charge is 0.147 e. The van der Waals surface area contributed by atoms with Crippen molar-refractivity contribution in [3.8, 4) is 5.75 Å². The Bertz CT molecular complexity index is 557. The second-order valence-corrected chi connectivity index (χ2v) is 5.46. The summed E-state index contributed by atoms with van der Waals surface area (Å²) in [5.74, 6) is -0.0183. The van der Waals surface area contributed by atoms with Crippen LogP contribution in [0.2, 0.25) is 0 Å². The molecule has 1 atom stereocenters. The molecule has 4 heteroatoms. The number of hydrogen-bond acceptors (Lipinski definition) is 2. The Morgan fingerprint density at radius 1 is 1.21 bits per heavy atom. The van der Waals surface area contributed by atoms with Gasteiger partial charge in [-0.15, -0.1) is 0 Å². The molecule has 19 heavy (non-hydrogen) atoms. The highest BCUT2D eigenvalue weighted by Gasteiger charge is 2.07. The van der Waals surface area contributed by atoms with E-state index in [0.717, 1.165) is 16.5 Å². The third kappa shape index (κ3) is 3.96. The quantitative estimate of drug-likeness (QED) is 0.877. The van der Waals surface area contributed by atoms with Crippen LogP contribution in [0, 0.1) is 5.82 Å². The number of phenolic OH excluding ortho intramolecular Hbond substituents is 1. The summed E-state index contributed by atoms with van der Waals surface area (Å²) in [7, 11) is 0. The van der Waals surface area contributed by atoms with E-state index in [1.165, 1.54) is 6.07 Å². The van der Waals surface area contributed by atoms with Crippen LogP contribution in [-0.4, -0.2) is 11.1 Å². The van der Waals surface area contributed by atoms with Gasteiger partial charge in [0.2, 0.25) is 0 Å². The van der Waals surface area contributed by atoms with E-state index < -0.39 is 0 Å². The number of nitrogens with one attached hydrogen (secondary N) is 1. The maximum Gasteiger partial charge on any atom is 0.147 e. The minimum Gasteiger partial charge on any atom is -0.508 e. The Morgan fingerprint density at radius 2 is 1.89 bits per heavy atom. The molecule has 0 bridgehead atoms. The Balaban J connectivity index is 2.01. The normalized spacial score (nSPS) is 12.2. The maximum absolute atomic E-state index is 13.7. The molecule has 1 unspecified atom stereocenters. The molecule has 0 saturated carbocycles. The van der Waals surface area contributed by atoms with Crippen molar-refractivity contribution in [2.75, 3.05) is 5.32 Å². The largest absolute Gasteiger partial charge is 0.508 e. The van der Waals surface area contributed by atoms with E-state index in [2.05, 4.69) is 21.2 Å². The number of aromatic hydroxyl groups is 1. The molecule has 2 N–H and O–H groups in total. The average molecular weight is 324 g/mol. The lowest BCUT2D eigenvalue weighted by Crippen LogP contribution is -2.18. The fourth-order valence-corrected chi connectivity index (χ4v) is 2.24. The summed E-state index contributed by atoms with van der Waals surface area (Å²) in [6.07, 6.45) is 0.760. The van der Waals surface area contributed by atoms with Gasteiger partial charge in [-0.3, -0.25) is 0 Å². The molecule has 2 aromatic rings. The van der Waals surface area contributed by atoms with Gasteiger partial charge >= 0.3 is 0 Å². The first-order chi connectivity index (χ1) is 9.04. The minimum atomic E-state index is -0.271. The van der Waals surface area contributed by atoms with Gasteiger partial charge in [-0.05, 0) is 49.2 Å². The van der Waals surface area contributed by atoms with Gasteiger partial charge in [-0.2, -0.15) is 0 Å². The number of rotatable bonds is 4. The van der Waals surface area contributed by atoms with Crippen molar-refractivity contribution in [2.45, 2.75) is 19.4 Å². The van der Waals surface area contributed by atoms with Crippen molar-refractivity contribution < 1.29 is 9.50 Å². The number of halogens is 2. The lowest BCUT2D eigenvalue weighted by molar-refractivity contribution is 0.475. The zero-order chi connectivity index (χ0) is 13.8. The van der Waals surface area contributed by atoms with Crippen molar-refractivity contribution in [1.82, 2.24) is 0 Å². The first-order valence-electron chi connectivity index (χ1n) is 6.04. The first kappa shape index (κ1) is 13.9. The van der Waals surface area contributed by atoms with Gasteiger partial charge in [0, 0.05) is 10.5 Å². The molecule has 0 aliphatic carbocycles. The maximum atomic E-state index is 13.7. The summed E-state index contributed by atoms with van der Waals surface area (Å²) in [6, 6.07) is 12.1. The van der Waals surface area contributed by atoms with Gasteiger partial charge in [-0.1, -0.05) is 28.1 Å².